The van der Waals surface area contributed by atoms with E-state index in [1.165, 1.54) is 6.08 Å². The highest BCUT2D eigenvalue weighted by Gasteiger charge is 2.37. The lowest BCUT2D eigenvalue weighted by Gasteiger charge is -2.27. The van der Waals surface area contributed by atoms with Crippen LogP contribution in [0.4, 0.5) is 10.5 Å². The third kappa shape index (κ3) is 5.01. The highest BCUT2D eigenvalue weighted by Crippen LogP contribution is 2.35. The van der Waals surface area contributed by atoms with Crippen LogP contribution < -0.4 is 19.7 Å². The van der Waals surface area contributed by atoms with Gasteiger partial charge >= 0.3 is 6.03 Å². The predicted molar refractivity (Wildman–Crippen MR) is 131 cm³/mol. The van der Waals surface area contributed by atoms with Crippen LogP contribution in [0.15, 0.2) is 48.6 Å². The number of ether oxygens (including phenoxy) is 2. The van der Waals surface area contributed by atoms with Gasteiger partial charge in [0, 0.05) is 0 Å². The van der Waals surface area contributed by atoms with E-state index in [1.807, 2.05) is 26.8 Å². The number of amides is 4. The zero-order valence-electron chi connectivity index (χ0n) is 18.0. The van der Waals surface area contributed by atoms with Crippen molar-refractivity contribution in [3.8, 4) is 11.5 Å². The smallest absolute Gasteiger partial charge is 0.335 e. The van der Waals surface area contributed by atoms with Crippen LogP contribution >= 0.6 is 22.6 Å². The Morgan fingerprint density at radius 1 is 1.06 bits per heavy atom. The molecule has 8 heteroatoms. The Morgan fingerprint density at radius 3 is 2.38 bits per heavy atom. The summed E-state index contributed by atoms with van der Waals surface area (Å²) in [5, 5.41) is 2.25. The van der Waals surface area contributed by atoms with Crippen molar-refractivity contribution >= 4 is 52.2 Å². The number of aryl methyl sites for hydroxylation is 2. The number of benzene rings is 2. The molecule has 0 atom stereocenters. The number of imide groups is 2. The van der Waals surface area contributed by atoms with Gasteiger partial charge in [-0.05, 0) is 90.4 Å². The molecule has 1 aliphatic heterocycles. The lowest BCUT2D eigenvalue weighted by atomic mass is 10.0. The van der Waals surface area contributed by atoms with Crippen molar-refractivity contribution in [1.29, 1.82) is 0 Å². The van der Waals surface area contributed by atoms with Gasteiger partial charge in [0.2, 0.25) is 0 Å². The molecule has 1 aliphatic rings. The minimum absolute atomic E-state index is 0.151. The van der Waals surface area contributed by atoms with Crippen molar-refractivity contribution in [2.24, 2.45) is 0 Å². The Balaban J connectivity index is 2.04. The van der Waals surface area contributed by atoms with E-state index in [-0.39, 0.29) is 5.57 Å². The number of carbonyl (C=O) groups excluding carboxylic acids is 3. The van der Waals surface area contributed by atoms with Crippen LogP contribution in [0.1, 0.15) is 23.6 Å². The number of carbonyl (C=O) groups is 3. The van der Waals surface area contributed by atoms with Crippen LogP contribution in [0.3, 0.4) is 0 Å². The Bertz CT molecular complexity index is 1120. The normalized spacial score (nSPS) is 15.1. The molecule has 3 rings (SSSR count). The summed E-state index contributed by atoms with van der Waals surface area (Å²) < 4.78 is 12.1. The molecule has 0 bridgehead atoms. The first-order chi connectivity index (χ1) is 15.2. The van der Waals surface area contributed by atoms with E-state index in [0.717, 1.165) is 19.6 Å². The first-order valence-electron chi connectivity index (χ1n) is 9.95. The molecule has 0 aliphatic carbocycles. The molecular formula is C24H23IN2O5. The third-order valence-electron chi connectivity index (χ3n) is 4.55. The van der Waals surface area contributed by atoms with Crippen LogP contribution in [-0.2, 0) is 9.59 Å². The zero-order valence-corrected chi connectivity index (χ0v) is 20.2. The number of rotatable bonds is 7. The molecule has 1 N–H and O–H groups in total. The molecule has 166 valence electrons. The van der Waals surface area contributed by atoms with E-state index in [9.17, 15) is 14.4 Å². The second-order valence-corrected chi connectivity index (χ2v) is 8.33. The van der Waals surface area contributed by atoms with Crippen molar-refractivity contribution in [2.45, 2.75) is 20.8 Å². The molecule has 7 nitrogen and oxygen atoms in total. The minimum Gasteiger partial charge on any atom is -0.490 e. The van der Waals surface area contributed by atoms with Gasteiger partial charge in [0.15, 0.2) is 11.5 Å². The average molecular weight is 546 g/mol. The van der Waals surface area contributed by atoms with Crippen molar-refractivity contribution in [3.05, 3.63) is 68.8 Å². The van der Waals surface area contributed by atoms with Crippen molar-refractivity contribution in [3.63, 3.8) is 0 Å². The predicted octanol–water partition coefficient (Wildman–Crippen LogP) is 4.54. The Kier molecular flexibility index (Phi) is 7.34. The number of barbiturate groups is 1. The van der Waals surface area contributed by atoms with Crippen LogP contribution in [0.2, 0.25) is 0 Å². The Morgan fingerprint density at radius 2 is 1.75 bits per heavy atom. The van der Waals surface area contributed by atoms with Crippen LogP contribution in [0, 0.1) is 17.4 Å². The molecule has 0 aromatic heterocycles. The fraction of sp³-hybridized carbons (Fsp3) is 0.208. The second-order valence-electron chi connectivity index (χ2n) is 7.17. The number of urea groups is 1. The van der Waals surface area contributed by atoms with Gasteiger partial charge in [0.05, 0.1) is 15.9 Å². The molecule has 0 radical (unpaired) electrons. The molecular weight excluding hydrogens is 523 g/mol. The number of hydrogen-bond acceptors (Lipinski definition) is 5. The maximum absolute atomic E-state index is 13.2. The number of hydrogen-bond donors (Lipinski definition) is 1. The fourth-order valence-electron chi connectivity index (χ4n) is 3.35. The molecule has 2 aromatic carbocycles. The lowest BCUT2D eigenvalue weighted by Crippen LogP contribution is -2.54. The Hall–Kier alpha value is -3.14. The molecule has 0 unspecified atom stereocenters. The highest BCUT2D eigenvalue weighted by molar-refractivity contribution is 14.1. The first kappa shape index (κ1) is 23.5. The summed E-state index contributed by atoms with van der Waals surface area (Å²) in [6.07, 6.45) is 3.08. The van der Waals surface area contributed by atoms with Gasteiger partial charge in [-0.2, -0.15) is 0 Å². The van der Waals surface area contributed by atoms with Gasteiger partial charge in [-0.25, -0.2) is 9.69 Å². The van der Waals surface area contributed by atoms with E-state index in [0.29, 0.717) is 36.0 Å². The first-order valence-corrected chi connectivity index (χ1v) is 11.0. The molecule has 0 saturated carbocycles. The molecule has 1 heterocycles. The minimum atomic E-state index is -0.778. The van der Waals surface area contributed by atoms with Gasteiger partial charge < -0.3 is 9.47 Å². The number of nitrogens with zero attached hydrogens (tertiary/aromatic N) is 1. The van der Waals surface area contributed by atoms with Crippen molar-refractivity contribution in [2.75, 3.05) is 18.1 Å². The van der Waals surface area contributed by atoms with Gasteiger partial charge in [0.25, 0.3) is 11.8 Å². The largest absolute Gasteiger partial charge is 0.490 e. The standard InChI is InChI=1S/C24H23IN2O5/c1-5-7-32-21-19(25)12-16(13-20(21)31-6-2)11-18-22(28)26-24(30)27(23(18)29)17-9-14(3)8-15(4)10-17/h5,8-13H,1,6-7H2,2-4H3,(H,26,28,30)/b18-11+. The lowest BCUT2D eigenvalue weighted by molar-refractivity contribution is -0.122. The maximum atomic E-state index is 13.2. The number of nitrogens with one attached hydrogen (secondary N) is 1. The average Bonchev–Trinajstić information content (AvgIpc) is 2.70. The quantitative estimate of drug-likeness (QED) is 0.239. The van der Waals surface area contributed by atoms with E-state index in [4.69, 9.17) is 9.47 Å². The SMILES string of the molecule is C=CCOc1c(I)cc(/C=C2\C(=O)NC(=O)N(c3cc(C)cc(C)c3)C2=O)cc1OCC. The van der Waals surface area contributed by atoms with Gasteiger partial charge in [-0.3, -0.25) is 14.9 Å². The summed E-state index contributed by atoms with van der Waals surface area (Å²) in [4.78, 5) is 39.2. The van der Waals surface area contributed by atoms with Gasteiger partial charge in [0.1, 0.15) is 12.2 Å². The summed E-state index contributed by atoms with van der Waals surface area (Å²) in [6, 6.07) is 8.06. The molecule has 2 aromatic rings. The van der Waals surface area contributed by atoms with E-state index >= 15 is 0 Å². The zero-order chi connectivity index (χ0) is 23.4. The fourth-order valence-corrected chi connectivity index (χ4v) is 4.14. The van der Waals surface area contributed by atoms with Crippen LogP contribution in [-0.4, -0.2) is 31.1 Å². The second kappa shape index (κ2) is 9.99. The maximum Gasteiger partial charge on any atom is 0.335 e. The molecule has 0 spiro atoms. The van der Waals surface area contributed by atoms with Crippen LogP contribution in [0.5, 0.6) is 11.5 Å². The molecule has 32 heavy (non-hydrogen) atoms. The molecule has 1 fully saturated rings. The summed E-state index contributed by atoms with van der Waals surface area (Å²) in [7, 11) is 0. The van der Waals surface area contributed by atoms with Gasteiger partial charge in [-0.1, -0.05) is 18.7 Å². The topological polar surface area (TPSA) is 84.9 Å². The number of halogens is 1. The van der Waals surface area contributed by atoms with E-state index < -0.39 is 17.8 Å². The van der Waals surface area contributed by atoms with Crippen molar-refractivity contribution in [1.82, 2.24) is 5.32 Å². The van der Waals surface area contributed by atoms with E-state index in [2.05, 4.69) is 34.5 Å². The monoisotopic (exact) mass is 546 g/mol. The molecule has 4 amide bonds. The highest BCUT2D eigenvalue weighted by atomic mass is 127. The summed E-state index contributed by atoms with van der Waals surface area (Å²) in [5.41, 5.74) is 2.61. The number of anilines is 1. The third-order valence-corrected chi connectivity index (χ3v) is 5.36. The van der Waals surface area contributed by atoms with Crippen LogP contribution in [0.25, 0.3) is 6.08 Å². The molecule has 1 saturated heterocycles. The summed E-state index contributed by atoms with van der Waals surface area (Å²) in [6.45, 7) is 9.97. The van der Waals surface area contributed by atoms with Crippen molar-refractivity contribution < 1.29 is 23.9 Å². The summed E-state index contributed by atoms with van der Waals surface area (Å²) >= 11 is 2.10. The summed E-state index contributed by atoms with van der Waals surface area (Å²) in [5.74, 6) is -0.399. The van der Waals surface area contributed by atoms with E-state index in [1.54, 1.807) is 30.3 Å². The Labute approximate surface area is 200 Å². The van der Waals surface area contributed by atoms with Gasteiger partial charge in [-0.15, -0.1) is 0 Å².